The molecule has 0 fully saturated rings. The largest absolute Gasteiger partial charge is 0.485 e. The third kappa shape index (κ3) is 3.97. The van der Waals surface area contributed by atoms with E-state index in [2.05, 4.69) is 0 Å². The molecule has 4 nitrogen and oxygen atoms in total. The smallest absolute Gasteiger partial charge is 0.255 e. The molecule has 0 spiro atoms. The zero-order valence-corrected chi connectivity index (χ0v) is 22.6. The van der Waals surface area contributed by atoms with Crippen LogP contribution < -0.4 is 0 Å². The molecule has 2 atom stereocenters. The average Bonchev–Trinajstić information content (AvgIpc) is 2.48. The van der Waals surface area contributed by atoms with E-state index in [1.54, 1.807) is 0 Å². The zero-order chi connectivity index (χ0) is 24.6. The van der Waals surface area contributed by atoms with E-state index in [0.29, 0.717) is 22.7 Å². The quantitative estimate of drug-likeness (QED) is 0.400. The van der Waals surface area contributed by atoms with Gasteiger partial charge in [0.15, 0.2) is 11.2 Å². The molecule has 2 bridgehead atoms. The molecule has 0 aliphatic carbocycles. The summed E-state index contributed by atoms with van der Waals surface area (Å²) in [7, 11) is 0. The highest BCUT2D eigenvalue weighted by molar-refractivity contribution is 6.68. The van der Waals surface area contributed by atoms with Crippen LogP contribution in [0.3, 0.4) is 0 Å². The number of fused-ring (bicyclic) bond motifs is 2. The van der Waals surface area contributed by atoms with Crippen molar-refractivity contribution in [3.8, 4) is 0 Å². The van der Waals surface area contributed by atoms with E-state index in [-0.39, 0.29) is 6.42 Å². The molecule has 0 radical (unpaired) electrons. The second-order valence-corrected chi connectivity index (χ2v) is 13.7. The Balaban J connectivity index is 3.21. The van der Waals surface area contributed by atoms with E-state index in [1.165, 1.54) is 0 Å². The first-order chi connectivity index (χ1) is 13.5. The summed E-state index contributed by atoms with van der Waals surface area (Å²) >= 11 is 12.5. The predicted molar refractivity (Wildman–Crippen MR) is 126 cm³/mol. The normalized spacial score (nSPS) is 27.7. The van der Waals surface area contributed by atoms with Gasteiger partial charge in [0.25, 0.3) is 10.5 Å². The fraction of sp³-hybridized carbons (Fsp3) is 0.760. The van der Waals surface area contributed by atoms with Crippen molar-refractivity contribution in [3.05, 3.63) is 22.7 Å². The van der Waals surface area contributed by atoms with Crippen LogP contribution in [0.4, 0.5) is 0 Å². The molecule has 0 aromatic rings. The minimum absolute atomic E-state index is 0.258. The van der Waals surface area contributed by atoms with Crippen LogP contribution in [0.25, 0.3) is 0 Å². The van der Waals surface area contributed by atoms with Gasteiger partial charge < -0.3 is 9.47 Å². The van der Waals surface area contributed by atoms with Gasteiger partial charge in [0.2, 0.25) is 0 Å². The van der Waals surface area contributed by atoms with E-state index >= 15 is 0 Å². The Morgan fingerprint density at radius 3 is 1.06 bits per heavy atom. The van der Waals surface area contributed by atoms with Gasteiger partial charge in [-0.25, -0.2) is 0 Å². The van der Waals surface area contributed by atoms with E-state index in [9.17, 15) is 9.59 Å². The van der Waals surface area contributed by atoms with Gasteiger partial charge in [-0.2, -0.15) is 0 Å². The summed E-state index contributed by atoms with van der Waals surface area (Å²) < 4.78 is 13.6. The molecule has 0 unspecified atom stereocenters. The summed E-state index contributed by atoms with van der Waals surface area (Å²) in [4.78, 5) is 25.9. The van der Waals surface area contributed by atoms with Gasteiger partial charge in [-0.15, -0.1) is 0 Å². The maximum absolute atomic E-state index is 13.0. The van der Waals surface area contributed by atoms with Gasteiger partial charge in [0.1, 0.15) is 11.5 Å². The van der Waals surface area contributed by atoms with E-state index in [1.807, 2.05) is 83.1 Å². The van der Waals surface area contributed by atoms with Crippen molar-refractivity contribution in [2.24, 2.45) is 21.7 Å². The summed E-state index contributed by atoms with van der Waals surface area (Å²) in [5.41, 5.74) is -3.74. The van der Waals surface area contributed by atoms with Crippen molar-refractivity contribution < 1.29 is 19.1 Å². The molecule has 2 heterocycles. The Morgan fingerprint density at radius 2 is 0.903 bits per heavy atom. The second-order valence-electron chi connectivity index (χ2n) is 13.0. The third-order valence-electron chi connectivity index (χ3n) is 6.49. The van der Waals surface area contributed by atoms with E-state index in [4.69, 9.17) is 32.7 Å². The van der Waals surface area contributed by atoms with Gasteiger partial charge >= 0.3 is 0 Å². The number of halogens is 2. The number of carbonyl (C=O) groups is 2. The third-order valence-corrected chi connectivity index (χ3v) is 6.87. The van der Waals surface area contributed by atoms with Crippen molar-refractivity contribution in [3.63, 3.8) is 0 Å². The Labute approximate surface area is 197 Å². The lowest BCUT2D eigenvalue weighted by atomic mass is 9.55. The summed E-state index contributed by atoms with van der Waals surface area (Å²) in [6, 6.07) is 0. The SMILES string of the molecule is CC(C)(C)C1=C(C(=O)Cl)[C@@]2(C(C)(C)C)C[C@@](C(C)(C)C)(O1)C(C(=O)Cl)=C(C(C)(C)C)O2. The van der Waals surface area contributed by atoms with Crippen molar-refractivity contribution in [1.29, 1.82) is 0 Å². The number of rotatable bonds is 2. The first kappa shape index (κ1) is 26.3. The van der Waals surface area contributed by atoms with E-state index in [0.717, 1.165) is 0 Å². The maximum Gasteiger partial charge on any atom is 0.255 e. The van der Waals surface area contributed by atoms with Crippen molar-refractivity contribution in [2.45, 2.75) is 101 Å². The molecule has 2 rings (SSSR count). The maximum atomic E-state index is 13.0. The molecule has 0 aromatic heterocycles. The van der Waals surface area contributed by atoms with Crippen LogP contribution in [0.15, 0.2) is 22.7 Å². The van der Waals surface area contributed by atoms with Gasteiger partial charge in [0, 0.05) is 28.1 Å². The Hall–Kier alpha value is -1.00. The molecule has 176 valence electrons. The molecule has 0 amide bonds. The highest BCUT2D eigenvalue weighted by Gasteiger charge is 2.69. The fourth-order valence-corrected chi connectivity index (χ4v) is 5.13. The molecule has 0 saturated heterocycles. The zero-order valence-electron chi connectivity index (χ0n) is 21.1. The van der Waals surface area contributed by atoms with Gasteiger partial charge in [-0.3, -0.25) is 9.59 Å². The van der Waals surface area contributed by atoms with Crippen LogP contribution >= 0.6 is 23.2 Å². The molecule has 31 heavy (non-hydrogen) atoms. The molecular formula is C25H38Cl2O4. The van der Waals surface area contributed by atoms with Crippen LogP contribution in [0.1, 0.15) is 89.5 Å². The Morgan fingerprint density at radius 1 is 0.645 bits per heavy atom. The van der Waals surface area contributed by atoms with Gasteiger partial charge in [-0.05, 0) is 23.2 Å². The standard InChI is InChI=1S/C25H38Cl2O4/c1-20(2,3)16-14(18(26)28)24(22(7,8)9)13-25(30-16,23(10,11)12)15(19(27)29)17(31-24)21(4,5)6/h13H2,1-12H3/t24-,25-/m1/s1. The summed E-state index contributed by atoms with van der Waals surface area (Å²) in [6.45, 7) is 24.0. The topological polar surface area (TPSA) is 52.6 Å². The van der Waals surface area contributed by atoms with Crippen LogP contribution in [0.2, 0.25) is 0 Å². The van der Waals surface area contributed by atoms with Crippen molar-refractivity contribution in [1.82, 2.24) is 0 Å². The van der Waals surface area contributed by atoms with E-state index < -0.39 is 43.3 Å². The van der Waals surface area contributed by atoms with Gasteiger partial charge in [-0.1, -0.05) is 83.1 Å². The van der Waals surface area contributed by atoms with Crippen molar-refractivity contribution >= 4 is 33.7 Å². The molecule has 0 saturated carbocycles. The Kier molecular flexibility index (Phi) is 6.14. The lowest BCUT2D eigenvalue weighted by Gasteiger charge is -2.62. The molecule has 6 heteroatoms. The monoisotopic (exact) mass is 472 g/mol. The predicted octanol–water partition coefficient (Wildman–Crippen LogP) is 7.14. The summed E-state index contributed by atoms with van der Waals surface area (Å²) in [5, 5.41) is -1.20. The fourth-order valence-electron chi connectivity index (χ4n) is 4.66. The van der Waals surface area contributed by atoms with Gasteiger partial charge in [0.05, 0.1) is 11.1 Å². The van der Waals surface area contributed by atoms with Crippen molar-refractivity contribution in [2.75, 3.05) is 0 Å². The molecular weight excluding hydrogens is 435 g/mol. The highest BCUT2D eigenvalue weighted by Crippen LogP contribution is 2.64. The first-order valence-corrected chi connectivity index (χ1v) is 11.6. The number of ether oxygens (including phenoxy) is 2. The minimum atomic E-state index is -1.10. The first-order valence-electron chi connectivity index (χ1n) is 10.8. The van der Waals surface area contributed by atoms with Crippen LogP contribution in [0.5, 0.6) is 0 Å². The second kappa shape index (κ2) is 7.25. The van der Waals surface area contributed by atoms with Crippen LogP contribution in [0, 0.1) is 21.7 Å². The average molecular weight is 473 g/mol. The lowest BCUT2D eigenvalue weighted by Crippen LogP contribution is -2.66. The number of hydrogen-bond donors (Lipinski definition) is 0. The van der Waals surface area contributed by atoms with Crippen LogP contribution in [-0.2, 0) is 19.1 Å². The number of hydrogen-bond acceptors (Lipinski definition) is 4. The Bertz CT molecular complexity index is 797. The molecule has 0 N–H and O–H groups in total. The number of carbonyl (C=O) groups excluding carboxylic acids is 2. The molecule has 2 aliphatic rings. The molecule has 0 aromatic carbocycles. The summed E-state index contributed by atoms with van der Waals surface area (Å²) in [5.74, 6) is 0.902. The van der Waals surface area contributed by atoms with Crippen LogP contribution in [-0.4, -0.2) is 21.7 Å². The molecule has 2 aliphatic heterocycles. The minimum Gasteiger partial charge on any atom is -0.485 e. The lowest BCUT2D eigenvalue weighted by molar-refractivity contribution is -0.200. The number of allylic oxidation sites excluding steroid dienone is 2. The summed E-state index contributed by atoms with van der Waals surface area (Å²) in [6.07, 6.45) is 0.258. The highest BCUT2D eigenvalue weighted by atomic mass is 35.5.